The van der Waals surface area contributed by atoms with Gasteiger partial charge in [0.2, 0.25) is 0 Å². The molecule has 5 nitrogen and oxygen atoms in total. The minimum atomic E-state index is -0.922. The summed E-state index contributed by atoms with van der Waals surface area (Å²) >= 11 is 0. The van der Waals surface area contributed by atoms with Gasteiger partial charge in [-0.25, -0.2) is 4.79 Å². The zero-order valence-corrected chi connectivity index (χ0v) is 7.29. The normalized spacial score (nSPS) is 8.57. The van der Waals surface area contributed by atoms with Crippen LogP contribution in [0.4, 0.5) is 0 Å². The zero-order chi connectivity index (χ0) is 10.8. The first-order valence-corrected chi connectivity index (χ1v) is 3.67. The molecule has 1 aromatic rings. The summed E-state index contributed by atoms with van der Waals surface area (Å²) in [4.78, 5) is 11.8. The highest BCUT2D eigenvalue weighted by molar-refractivity contribution is 5.85. The molecule has 2 N–H and O–H groups in total. The van der Waals surface area contributed by atoms with Crippen LogP contribution in [0.1, 0.15) is 5.56 Å². The predicted octanol–water partition coefficient (Wildman–Crippen LogP) is 2.66. The summed E-state index contributed by atoms with van der Waals surface area (Å²) in [6.45, 7) is 0. The number of nitrogens with one attached hydrogen (secondary N) is 1. The molecule has 0 aromatic heterocycles. The first kappa shape index (κ1) is 11.7. The van der Waals surface area contributed by atoms with Crippen molar-refractivity contribution in [2.24, 2.45) is 0 Å². The fourth-order valence-electron chi connectivity index (χ4n) is 0.732. The van der Waals surface area contributed by atoms with Crippen molar-refractivity contribution >= 4 is 12.0 Å². The van der Waals surface area contributed by atoms with E-state index in [1.54, 1.807) is 11.0 Å². The molecule has 0 atom stereocenters. The molecular weight excluding hydrogens is 182 g/mol. The van der Waals surface area contributed by atoms with E-state index < -0.39 is 5.97 Å². The monoisotopic (exact) mass is 191 g/mol. The maximum Gasteiger partial charge on any atom is 0.328 e. The molecule has 0 heterocycles. The van der Waals surface area contributed by atoms with Gasteiger partial charge in [0.05, 0.1) is 0 Å². The van der Waals surface area contributed by atoms with Crippen LogP contribution in [0.25, 0.3) is 16.5 Å². The summed E-state index contributed by atoms with van der Waals surface area (Å²) in [6, 6.07) is 9.31. The fraction of sp³-hybridized carbons (Fsp3) is 0. The Bertz CT molecular complexity index is 340. The van der Waals surface area contributed by atoms with E-state index in [1.807, 2.05) is 30.3 Å². The van der Waals surface area contributed by atoms with Crippen LogP contribution in [0.15, 0.2) is 36.4 Å². The van der Waals surface area contributed by atoms with Crippen LogP contribution in [0, 0.1) is 5.53 Å². The molecule has 5 heteroatoms. The van der Waals surface area contributed by atoms with Crippen molar-refractivity contribution in [2.75, 3.05) is 0 Å². The molecule has 0 fully saturated rings. The summed E-state index contributed by atoms with van der Waals surface area (Å²) < 4.78 is 0. The molecule has 0 bridgehead atoms. The fourth-order valence-corrected chi connectivity index (χ4v) is 0.732. The third kappa shape index (κ3) is 6.45. The van der Waals surface area contributed by atoms with E-state index in [2.05, 4.69) is 0 Å². The lowest BCUT2D eigenvalue weighted by molar-refractivity contribution is -0.131. The molecule has 0 aliphatic rings. The van der Waals surface area contributed by atoms with Gasteiger partial charge >= 0.3 is 5.97 Å². The van der Waals surface area contributed by atoms with Gasteiger partial charge in [-0.05, 0) is 22.1 Å². The number of benzene rings is 1. The zero-order valence-electron chi connectivity index (χ0n) is 7.29. The standard InChI is InChI=1S/C9H8O2.HN3/c10-9(11)7-6-8-4-2-1-3-5-8;1-3-2/h1-7H,(H,10,11);1H. The van der Waals surface area contributed by atoms with Gasteiger partial charge < -0.3 is 5.11 Å². The molecule has 0 saturated carbocycles. The smallest absolute Gasteiger partial charge is 0.328 e. The molecule has 0 aliphatic carbocycles. The number of hydrogen-bond donors (Lipinski definition) is 2. The lowest BCUT2D eigenvalue weighted by atomic mass is 10.2. The summed E-state index contributed by atoms with van der Waals surface area (Å²) in [7, 11) is 0. The Morgan fingerprint density at radius 2 is 1.93 bits per heavy atom. The Kier molecular flexibility index (Phi) is 6.20. The first-order valence-electron chi connectivity index (χ1n) is 3.67. The van der Waals surface area contributed by atoms with Crippen molar-refractivity contribution in [2.45, 2.75) is 0 Å². The van der Waals surface area contributed by atoms with Crippen molar-refractivity contribution in [3.05, 3.63) is 52.4 Å². The van der Waals surface area contributed by atoms with Crippen LogP contribution in [-0.4, -0.2) is 11.1 Å². The summed E-state index contributed by atoms with van der Waals surface area (Å²) in [5, 5.41) is 8.29. The Labute approximate surface area is 80.7 Å². The van der Waals surface area contributed by atoms with Gasteiger partial charge in [0.25, 0.3) is 0 Å². The van der Waals surface area contributed by atoms with Gasteiger partial charge in [-0.1, -0.05) is 30.3 Å². The van der Waals surface area contributed by atoms with Crippen molar-refractivity contribution in [1.82, 2.24) is 0 Å². The number of hydrogen-bond acceptors (Lipinski definition) is 2. The number of carboxylic acids is 1. The lowest BCUT2D eigenvalue weighted by Gasteiger charge is -1.87. The van der Waals surface area contributed by atoms with Crippen LogP contribution in [0.5, 0.6) is 0 Å². The molecule has 72 valence electrons. The van der Waals surface area contributed by atoms with Crippen LogP contribution >= 0.6 is 0 Å². The van der Waals surface area contributed by atoms with Crippen molar-refractivity contribution in [3.63, 3.8) is 0 Å². The maximum atomic E-state index is 10.1. The van der Waals surface area contributed by atoms with E-state index in [4.69, 9.17) is 16.2 Å². The largest absolute Gasteiger partial charge is 0.478 e. The Morgan fingerprint density at radius 1 is 1.43 bits per heavy atom. The third-order valence-corrected chi connectivity index (χ3v) is 1.22. The molecule has 1 aromatic carbocycles. The average molecular weight is 191 g/mol. The van der Waals surface area contributed by atoms with E-state index >= 15 is 0 Å². The second-order valence-corrected chi connectivity index (χ2v) is 2.18. The van der Waals surface area contributed by atoms with E-state index in [0.29, 0.717) is 0 Å². The van der Waals surface area contributed by atoms with Crippen LogP contribution < -0.4 is 0 Å². The van der Waals surface area contributed by atoms with Crippen molar-refractivity contribution in [1.29, 1.82) is 5.53 Å². The van der Waals surface area contributed by atoms with Crippen molar-refractivity contribution < 1.29 is 9.90 Å². The highest BCUT2D eigenvalue weighted by atomic mass is 16.4. The number of carbonyl (C=O) groups is 1. The number of carboxylic acid groups (broad SMARTS) is 1. The summed E-state index contributed by atoms with van der Waals surface area (Å²) in [5.74, 6) is -0.922. The lowest BCUT2D eigenvalue weighted by Crippen LogP contribution is -1.85. The quantitative estimate of drug-likeness (QED) is 0.325. The maximum absolute atomic E-state index is 10.1. The summed E-state index contributed by atoms with van der Waals surface area (Å²) in [6.07, 6.45) is 2.68. The van der Waals surface area contributed by atoms with Gasteiger partial charge in [0, 0.05) is 6.08 Å². The minimum Gasteiger partial charge on any atom is -0.478 e. The Balaban J connectivity index is 0.000000500. The highest BCUT2D eigenvalue weighted by Crippen LogP contribution is 1.99. The molecule has 0 spiro atoms. The first-order chi connectivity index (χ1) is 6.70. The second-order valence-electron chi connectivity index (χ2n) is 2.18. The van der Waals surface area contributed by atoms with Gasteiger partial charge in [-0.3, -0.25) is 0 Å². The molecular formula is C9H9N3O2. The molecule has 0 amide bonds. The highest BCUT2D eigenvalue weighted by Gasteiger charge is 1.85. The van der Waals surface area contributed by atoms with Crippen LogP contribution in [0.2, 0.25) is 0 Å². The topological polar surface area (TPSA) is 97.5 Å². The van der Waals surface area contributed by atoms with E-state index in [-0.39, 0.29) is 0 Å². The van der Waals surface area contributed by atoms with Gasteiger partial charge in [-0.2, -0.15) is 0 Å². The molecule has 0 unspecified atom stereocenters. The number of aliphatic carboxylic acids is 1. The van der Waals surface area contributed by atoms with Crippen LogP contribution in [0.3, 0.4) is 0 Å². The van der Waals surface area contributed by atoms with Gasteiger partial charge in [-0.15, -0.1) is 5.53 Å². The molecule has 14 heavy (non-hydrogen) atoms. The average Bonchev–Trinajstić information content (AvgIpc) is 2.18. The number of rotatable bonds is 2. The van der Waals surface area contributed by atoms with E-state index in [1.165, 1.54) is 0 Å². The minimum absolute atomic E-state index is 0.898. The van der Waals surface area contributed by atoms with E-state index in [0.717, 1.165) is 11.6 Å². The Hall–Kier alpha value is -2.26. The van der Waals surface area contributed by atoms with Crippen LogP contribution in [-0.2, 0) is 4.79 Å². The third-order valence-electron chi connectivity index (χ3n) is 1.22. The van der Waals surface area contributed by atoms with E-state index in [9.17, 15) is 4.79 Å². The molecule has 0 radical (unpaired) electrons. The SMILES string of the molecule is O=C(O)C=Cc1ccccc1.[N-]=[N+]=N. The second kappa shape index (κ2) is 7.39. The summed E-state index contributed by atoms with van der Waals surface area (Å²) in [5.41, 5.74) is 13.1. The molecule has 1 rings (SSSR count). The van der Waals surface area contributed by atoms with Gasteiger partial charge in [0.15, 0.2) is 0 Å². The van der Waals surface area contributed by atoms with Crippen molar-refractivity contribution in [3.8, 4) is 0 Å². The molecule has 0 aliphatic heterocycles. The Morgan fingerprint density at radius 3 is 2.36 bits per heavy atom. The predicted molar refractivity (Wildman–Crippen MR) is 52.5 cm³/mol. The number of nitrogens with zero attached hydrogens (tertiary/aromatic N) is 2. The molecule has 0 saturated heterocycles. The van der Waals surface area contributed by atoms with Gasteiger partial charge in [0.1, 0.15) is 0 Å².